The largest absolute Gasteiger partial charge is 0.355 e. The van der Waals surface area contributed by atoms with Crippen LogP contribution in [0.4, 0.5) is 0 Å². The first kappa shape index (κ1) is 10.5. The summed E-state index contributed by atoms with van der Waals surface area (Å²) in [4.78, 5) is 11.4. The number of carbonyl (C=O) groups excluding carboxylic acids is 1. The first-order valence-corrected chi connectivity index (χ1v) is 5.27. The summed E-state index contributed by atoms with van der Waals surface area (Å²) in [6.45, 7) is 4.60. The van der Waals surface area contributed by atoms with Gasteiger partial charge in [0.2, 0.25) is 5.91 Å². The number of likely N-dealkylation sites (N-methyl/N-ethyl adjacent to an activating group) is 1. The second-order valence-electron chi connectivity index (χ2n) is 3.76. The summed E-state index contributed by atoms with van der Waals surface area (Å²) in [6.07, 6.45) is 5.06. The van der Waals surface area contributed by atoms with Crippen molar-refractivity contribution in [1.82, 2.24) is 10.6 Å². The van der Waals surface area contributed by atoms with Crippen LogP contribution in [0.25, 0.3) is 0 Å². The molecule has 0 bridgehead atoms. The smallest absolute Gasteiger partial charge is 0.236 e. The molecule has 0 aromatic rings. The van der Waals surface area contributed by atoms with E-state index < -0.39 is 0 Å². The van der Waals surface area contributed by atoms with E-state index in [1.54, 1.807) is 0 Å². The molecule has 0 heterocycles. The van der Waals surface area contributed by atoms with Crippen molar-refractivity contribution >= 4 is 5.91 Å². The predicted molar refractivity (Wildman–Crippen MR) is 53.5 cm³/mol. The molecule has 0 aromatic heterocycles. The van der Waals surface area contributed by atoms with E-state index in [9.17, 15) is 4.79 Å². The molecule has 1 saturated carbocycles. The quantitative estimate of drug-likeness (QED) is 0.685. The third kappa shape index (κ3) is 3.35. The Kier molecular flexibility index (Phi) is 4.22. The zero-order chi connectivity index (χ0) is 9.68. The van der Waals surface area contributed by atoms with E-state index >= 15 is 0 Å². The average Bonchev–Trinajstić information content (AvgIpc) is 2.57. The lowest BCUT2D eigenvalue weighted by Crippen LogP contribution is -2.45. The van der Waals surface area contributed by atoms with E-state index in [1.807, 2.05) is 13.8 Å². The first-order valence-electron chi connectivity index (χ1n) is 5.27. The third-order valence-electron chi connectivity index (χ3n) is 2.59. The maximum Gasteiger partial charge on any atom is 0.236 e. The summed E-state index contributed by atoms with van der Waals surface area (Å²) < 4.78 is 0. The SMILES string of the molecule is CCNC(=O)C(C)NC1CCCC1. The minimum absolute atomic E-state index is 0.0388. The highest BCUT2D eigenvalue weighted by molar-refractivity contribution is 5.81. The molecule has 0 spiro atoms. The van der Waals surface area contributed by atoms with Gasteiger partial charge in [0.05, 0.1) is 6.04 Å². The highest BCUT2D eigenvalue weighted by atomic mass is 16.2. The van der Waals surface area contributed by atoms with Gasteiger partial charge in [-0.25, -0.2) is 0 Å². The van der Waals surface area contributed by atoms with Crippen LogP contribution >= 0.6 is 0 Å². The Balaban J connectivity index is 2.22. The van der Waals surface area contributed by atoms with Crippen molar-refractivity contribution in [2.45, 2.75) is 51.6 Å². The molecule has 0 aliphatic heterocycles. The van der Waals surface area contributed by atoms with E-state index in [2.05, 4.69) is 10.6 Å². The second kappa shape index (κ2) is 5.22. The van der Waals surface area contributed by atoms with Crippen molar-refractivity contribution in [3.8, 4) is 0 Å². The Hall–Kier alpha value is -0.570. The summed E-state index contributed by atoms with van der Waals surface area (Å²) in [5, 5.41) is 6.17. The first-order chi connectivity index (χ1) is 6.24. The molecule has 1 aliphatic carbocycles. The van der Waals surface area contributed by atoms with Crippen LogP contribution in [0.5, 0.6) is 0 Å². The maximum atomic E-state index is 11.4. The van der Waals surface area contributed by atoms with E-state index in [4.69, 9.17) is 0 Å². The molecule has 1 fully saturated rings. The van der Waals surface area contributed by atoms with Crippen molar-refractivity contribution < 1.29 is 4.79 Å². The van der Waals surface area contributed by atoms with Gasteiger partial charge in [-0.1, -0.05) is 12.8 Å². The molecule has 1 unspecified atom stereocenters. The minimum Gasteiger partial charge on any atom is -0.355 e. The Morgan fingerprint density at radius 2 is 2.08 bits per heavy atom. The number of amides is 1. The second-order valence-corrected chi connectivity index (χ2v) is 3.76. The van der Waals surface area contributed by atoms with Gasteiger partial charge in [-0.3, -0.25) is 4.79 Å². The van der Waals surface area contributed by atoms with Crippen molar-refractivity contribution in [3.05, 3.63) is 0 Å². The number of carbonyl (C=O) groups is 1. The molecule has 76 valence electrons. The minimum atomic E-state index is -0.0388. The number of hydrogen-bond donors (Lipinski definition) is 2. The van der Waals surface area contributed by atoms with Gasteiger partial charge in [0.25, 0.3) is 0 Å². The molecule has 1 aliphatic rings. The van der Waals surface area contributed by atoms with Crippen LogP contribution in [0.1, 0.15) is 39.5 Å². The van der Waals surface area contributed by atoms with Gasteiger partial charge in [-0.15, -0.1) is 0 Å². The molecule has 13 heavy (non-hydrogen) atoms. The zero-order valence-electron chi connectivity index (χ0n) is 8.60. The third-order valence-corrected chi connectivity index (χ3v) is 2.59. The van der Waals surface area contributed by atoms with E-state index in [1.165, 1.54) is 25.7 Å². The van der Waals surface area contributed by atoms with Crippen LogP contribution < -0.4 is 10.6 Å². The maximum absolute atomic E-state index is 11.4. The van der Waals surface area contributed by atoms with Gasteiger partial charge in [0, 0.05) is 12.6 Å². The molecule has 0 saturated heterocycles. The molecule has 3 heteroatoms. The van der Waals surface area contributed by atoms with E-state index in [0.29, 0.717) is 6.04 Å². The van der Waals surface area contributed by atoms with Gasteiger partial charge < -0.3 is 10.6 Å². The van der Waals surface area contributed by atoms with Gasteiger partial charge in [-0.05, 0) is 26.7 Å². The lowest BCUT2D eigenvalue weighted by molar-refractivity contribution is -0.122. The van der Waals surface area contributed by atoms with Crippen LogP contribution in [0.3, 0.4) is 0 Å². The summed E-state index contributed by atoms with van der Waals surface area (Å²) in [5.74, 6) is 0.120. The summed E-state index contributed by atoms with van der Waals surface area (Å²) >= 11 is 0. The van der Waals surface area contributed by atoms with E-state index in [0.717, 1.165) is 6.54 Å². The average molecular weight is 184 g/mol. The molecule has 1 atom stereocenters. The Bertz CT molecular complexity index is 164. The van der Waals surface area contributed by atoms with Gasteiger partial charge >= 0.3 is 0 Å². The van der Waals surface area contributed by atoms with Crippen LogP contribution in [0, 0.1) is 0 Å². The fraction of sp³-hybridized carbons (Fsp3) is 0.900. The standard InChI is InChI=1S/C10H20N2O/c1-3-11-10(13)8(2)12-9-6-4-5-7-9/h8-9,12H,3-7H2,1-2H3,(H,11,13). The fourth-order valence-corrected chi connectivity index (χ4v) is 1.85. The molecule has 1 rings (SSSR count). The van der Waals surface area contributed by atoms with E-state index in [-0.39, 0.29) is 11.9 Å². The van der Waals surface area contributed by atoms with Crippen LogP contribution in [0.2, 0.25) is 0 Å². The summed E-state index contributed by atoms with van der Waals surface area (Å²) in [5.41, 5.74) is 0. The number of hydrogen-bond acceptors (Lipinski definition) is 2. The van der Waals surface area contributed by atoms with Crippen LogP contribution in [-0.2, 0) is 4.79 Å². The highest BCUT2D eigenvalue weighted by Crippen LogP contribution is 2.17. The molecular formula is C10H20N2O. The normalized spacial score (nSPS) is 20.2. The molecule has 0 radical (unpaired) electrons. The summed E-state index contributed by atoms with van der Waals surface area (Å²) in [6, 6.07) is 0.528. The number of nitrogens with one attached hydrogen (secondary N) is 2. The van der Waals surface area contributed by atoms with Crippen LogP contribution in [0.15, 0.2) is 0 Å². The monoisotopic (exact) mass is 184 g/mol. The fourth-order valence-electron chi connectivity index (χ4n) is 1.85. The Labute approximate surface area is 80.3 Å². The van der Waals surface area contributed by atoms with Crippen molar-refractivity contribution in [2.24, 2.45) is 0 Å². The lowest BCUT2D eigenvalue weighted by atomic mass is 10.2. The lowest BCUT2D eigenvalue weighted by Gasteiger charge is -2.18. The van der Waals surface area contributed by atoms with Gasteiger partial charge in [-0.2, -0.15) is 0 Å². The highest BCUT2D eigenvalue weighted by Gasteiger charge is 2.19. The van der Waals surface area contributed by atoms with Crippen molar-refractivity contribution in [3.63, 3.8) is 0 Å². The zero-order valence-corrected chi connectivity index (χ0v) is 8.60. The predicted octanol–water partition coefficient (Wildman–Crippen LogP) is 1.04. The Morgan fingerprint density at radius 3 is 2.62 bits per heavy atom. The molecule has 0 aromatic carbocycles. The van der Waals surface area contributed by atoms with Crippen LogP contribution in [-0.4, -0.2) is 24.5 Å². The molecule has 1 amide bonds. The molecular weight excluding hydrogens is 164 g/mol. The molecule has 2 N–H and O–H groups in total. The summed E-state index contributed by atoms with van der Waals surface area (Å²) in [7, 11) is 0. The van der Waals surface area contributed by atoms with Crippen molar-refractivity contribution in [2.75, 3.05) is 6.54 Å². The Morgan fingerprint density at radius 1 is 1.46 bits per heavy atom. The molecule has 3 nitrogen and oxygen atoms in total. The van der Waals surface area contributed by atoms with Gasteiger partial charge in [0.15, 0.2) is 0 Å². The topological polar surface area (TPSA) is 41.1 Å². The van der Waals surface area contributed by atoms with Crippen molar-refractivity contribution in [1.29, 1.82) is 0 Å². The van der Waals surface area contributed by atoms with Gasteiger partial charge in [0.1, 0.15) is 0 Å². The number of rotatable bonds is 4.